The standard InChI is InChI=1S/C17H17ClN2O2/c1-17(2,3)22-14-6-4-5-11(18)15(14)10-7-8-12-13(9-10)20-16(21)19-12/h4-9H,1-3H3,(H2,19,20,21). The SMILES string of the molecule is CC(C)(C)Oc1cccc(Cl)c1-c1ccc2[nH]c(=O)[nH]c2c1. The molecule has 4 nitrogen and oxygen atoms in total. The van der Waals surface area contributed by atoms with Crippen molar-refractivity contribution in [2.75, 3.05) is 0 Å². The van der Waals surface area contributed by atoms with E-state index < -0.39 is 0 Å². The summed E-state index contributed by atoms with van der Waals surface area (Å²) in [4.78, 5) is 16.9. The lowest BCUT2D eigenvalue weighted by Gasteiger charge is -2.24. The van der Waals surface area contributed by atoms with Gasteiger partial charge in [0.05, 0.1) is 16.1 Å². The van der Waals surface area contributed by atoms with Gasteiger partial charge in [-0.3, -0.25) is 0 Å². The topological polar surface area (TPSA) is 57.9 Å². The molecular weight excluding hydrogens is 300 g/mol. The minimum Gasteiger partial charge on any atom is -0.487 e. The average molecular weight is 317 g/mol. The van der Waals surface area contributed by atoms with Gasteiger partial charge in [-0.2, -0.15) is 0 Å². The fourth-order valence-electron chi connectivity index (χ4n) is 2.39. The van der Waals surface area contributed by atoms with E-state index in [1.807, 2.05) is 57.2 Å². The summed E-state index contributed by atoms with van der Waals surface area (Å²) < 4.78 is 6.02. The molecule has 0 saturated carbocycles. The van der Waals surface area contributed by atoms with Gasteiger partial charge in [-0.15, -0.1) is 0 Å². The molecule has 0 bridgehead atoms. The molecular formula is C17H17ClN2O2. The van der Waals surface area contributed by atoms with Crippen LogP contribution in [0.15, 0.2) is 41.2 Å². The number of fused-ring (bicyclic) bond motifs is 1. The zero-order valence-corrected chi connectivity index (χ0v) is 13.4. The van der Waals surface area contributed by atoms with Crippen LogP contribution in [0.5, 0.6) is 5.75 Å². The molecule has 1 heterocycles. The van der Waals surface area contributed by atoms with Crippen LogP contribution in [-0.4, -0.2) is 15.6 Å². The first kappa shape index (κ1) is 14.7. The molecule has 0 aliphatic carbocycles. The van der Waals surface area contributed by atoms with Crippen LogP contribution in [0.25, 0.3) is 22.2 Å². The lowest BCUT2D eigenvalue weighted by atomic mass is 10.0. The summed E-state index contributed by atoms with van der Waals surface area (Å²) >= 11 is 6.39. The normalized spacial score (nSPS) is 11.8. The molecule has 0 unspecified atom stereocenters. The predicted molar refractivity (Wildman–Crippen MR) is 89.7 cm³/mol. The number of H-pyrrole nitrogens is 2. The Bertz CT molecular complexity index is 888. The molecule has 1 aromatic heterocycles. The lowest BCUT2D eigenvalue weighted by molar-refractivity contribution is 0.132. The van der Waals surface area contributed by atoms with Crippen molar-refractivity contribution in [2.45, 2.75) is 26.4 Å². The largest absolute Gasteiger partial charge is 0.487 e. The molecule has 0 atom stereocenters. The number of hydrogen-bond acceptors (Lipinski definition) is 2. The Morgan fingerprint density at radius 1 is 1.05 bits per heavy atom. The molecule has 114 valence electrons. The summed E-state index contributed by atoms with van der Waals surface area (Å²) in [5, 5.41) is 0.610. The van der Waals surface area contributed by atoms with E-state index in [0.717, 1.165) is 27.9 Å². The van der Waals surface area contributed by atoms with Crippen molar-refractivity contribution in [3.63, 3.8) is 0 Å². The summed E-state index contributed by atoms with van der Waals surface area (Å²) in [5.41, 5.74) is 2.67. The van der Waals surface area contributed by atoms with Gasteiger partial charge in [0.25, 0.3) is 0 Å². The van der Waals surface area contributed by atoms with Crippen LogP contribution >= 0.6 is 11.6 Å². The molecule has 0 radical (unpaired) electrons. The molecule has 22 heavy (non-hydrogen) atoms. The van der Waals surface area contributed by atoms with E-state index >= 15 is 0 Å². The molecule has 3 rings (SSSR count). The van der Waals surface area contributed by atoms with Gasteiger partial charge in [0.2, 0.25) is 0 Å². The fourth-order valence-corrected chi connectivity index (χ4v) is 2.66. The van der Waals surface area contributed by atoms with Gasteiger partial charge in [0.15, 0.2) is 0 Å². The minimum atomic E-state index is -0.327. The van der Waals surface area contributed by atoms with Gasteiger partial charge in [-0.25, -0.2) is 4.79 Å². The number of halogens is 1. The van der Waals surface area contributed by atoms with Crippen LogP contribution in [-0.2, 0) is 0 Å². The molecule has 0 fully saturated rings. The quantitative estimate of drug-likeness (QED) is 0.738. The molecule has 2 N–H and O–H groups in total. The van der Waals surface area contributed by atoms with E-state index in [4.69, 9.17) is 16.3 Å². The number of imidazole rings is 1. The molecule has 0 aliphatic heterocycles. The summed E-state index contributed by atoms with van der Waals surface area (Å²) in [6.07, 6.45) is 0. The van der Waals surface area contributed by atoms with Crippen LogP contribution in [0.2, 0.25) is 5.02 Å². The second kappa shape index (κ2) is 5.21. The summed E-state index contributed by atoms with van der Waals surface area (Å²) in [6, 6.07) is 11.3. The Morgan fingerprint density at radius 2 is 1.77 bits per heavy atom. The smallest absolute Gasteiger partial charge is 0.323 e. The molecule has 0 amide bonds. The van der Waals surface area contributed by atoms with Crippen molar-refractivity contribution in [3.05, 3.63) is 51.9 Å². The van der Waals surface area contributed by atoms with Gasteiger partial charge in [0.1, 0.15) is 11.4 Å². The van der Waals surface area contributed by atoms with E-state index in [1.54, 1.807) is 0 Å². The highest BCUT2D eigenvalue weighted by Crippen LogP contribution is 2.38. The maximum atomic E-state index is 11.4. The minimum absolute atomic E-state index is 0.225. The van der Waals surface area contributed by atoms with Gasteiger partial charge in [-0.05, 0) is 50.6 Å². The number of aromatic amines is 2. The first-order valence-electron chi connectivity index (χ1n) is 7.03. The van der Waals surface area contributed by atoms with Crippen molar-refractivity contribution < 1.29 is 4.74 Å². The van der Waals surface area contributed by atoms with Crippen LogP contribution in [0.1, 0.15) is 20.8 Å². The van der Waals surface area contributed by atoms with Gasteiger partial charge in [-0.1, -0.05) is 23.7 Å². The summed E-state index contributed by atoms with van der Waals surface area (Å²) in [7, 11) is 0. The lowest BCUT2D eigenvalue weighted by Crippen LogP contribution is -2.23. The molecule has 5 heteroatoms. The molecule has 0 spiro atoms. The van der Waals surface area contributed by atoms with Gasteiger partial charge < -0.3 is 14.7 Å². The van der Waals surface area contributed by atoms with Crippen LogP contribution in [0.3, 0.4) is 0 Å². The third-order valence-corrected chi connectivity index (χ3v) is 3.51. The van der Waals surface area contributed by atoms with Crippen LogP contribution < -0.4 is 10.4 Å². The number of aromatic nitrogens is 2. The molecule has 3 aromatic rings. The first-order chi connectivity index (χ1) is 10.3. The van der Waals surface area contributed by atoms with Gasteiger partial charge in [0, 0.05) is 5.56 Å². The monoisotopic (exact) mass is 316 g/mol. The van der Waals surface area contributed by atoms with E-state index in [2.05, 4.69) is 9.97 Å². The van der Waals surface area contributed by atoms with Crippen molar-refractivity contribution in [1.82, 2.24) is 9.97 Å². The van der Waals surface area contributed by atoms with Crippen molar-refractivity contribution in [2.24, 2.45) is 0 Å². The summed E-state index contributed by atoms with van der Waals surface area (Å²) in [5.74, 6) is 0.720. The maximum absolute atomic E-state index is 11.4. The number of ether oxygens (including phenoxy) is 1. The van der Waals surface area contributed by atoms with Crippen molar-refractivity contribution in [3.8, 4) is 16.9 Å². The Balaban J connectivity index is 2.18. The van der Waals surface area contributed by atoms with Crippen LogP contribution in [0, 0.1) is 0 Å². The van der Waals surface area contributed by atoms with E-state index in [-0.39, 0.29) is 11.3 Å². The highest BCUT2D eigenvalue weighted by molar-refractivity contribution is 6.33. The number of hydrogen-bond donors (Lipinski definition) is 2. The average Bonchev–Trinajstić information content (AvgIpc) is 2.76. The third-order valence-electron chi connectivity index (χ3n) is 3.20. The van der Waals surface area contributed by atoms with Crippen molar-refractivity contribution >= 4 is 22.6 Å². The second-order valence-electron chi connectivity index (χ2n) is 6.17. The molecule has 0 saturated heterocycles. The Labute approximate surface area is 133 Å². The van der Waals surface area contributed by atoms with Gasteiger partial charge >= 0.3 is 5.69 Å². The zero-order chi connectivity index (χ0) is 15.9. The Morgan fingerprint density at radius 3 is 2.50 bits per heavy atom. The zero-order valence-electron chi connectivity index (χ0n) is 12.7. The second-order valence-corrected chi connectivity index (χ2v) is 6.57. The summed E-state index contributed by atoms with van der Waals surface area (Å²) in [6.45, 7) is 5.97. The number of rotatable bonds is 2. The fraction of sp³-hybridized carbons (Fsp3) is 0.235. The molecule has 2 aromatic carbocycles. The van der Waals surface area contributed by atoms with Crippen molar-refractivity contribution in [1.29, 1.82) is 0 Å². The Hall–Kier alpha value is -2.20. The number of nitrogens with one attached hydrogen (secondary N) is 2. The third kappa shape index (κ3) is 2.88. The van der Waals surface area contributed by atoms with E-state index in [9.17, 15) is 4.79 Å². The van der Waals surface area contributed by atoms with E-state index in [1.165, 1.54) is 0 Å². The van der Waals surface area contributed by atoms with E-state index in [0.29, 0.717) is 5.02 Å². The molecule has 0 aliphatic rings. The van der Waals surface area contributed by atoms with Crippen LogP contribution in [0.4, 0.5) is 0 Å². The Kier molecular flexibility index (Phi) is 3.49. The predicted octanol–water partition coefficient (Wildman–Crippen LogP) is 4.35. The highest BCUT2D eigenvalue weighted by Gasteiger charge is 2.18. The maximum Gasteiger partial charge on any atom is 0.323 e. The number of benzene rings is 2. The first-order valence-corrected chi connectivity index (χ1v) is 7.41. The highest BCUT2D eigenvalue weighted by atomic mass is 35.5.